The first kappa shape index (κ1) is 14.3. The zero-order valence-corrected chi connectivity index (χ0v) is 10.9. The van der Waals surface area contributed by atoms with Gasteiger partial charge in [0.25, 0.3) is 0 Å². The van der Waals surface area contributed by atoms with Gasteiger partial charge in [-0.25, -0.2) is 0 Å². The minimum absolute atomic E-state index is 0.457. The zero-order valence-electron chi connectivity index (χ0n) is 10.1. The van der Waals surface area contributed by atoms with Crippen molar-refractivity contribution in [2.45, 2.75) is 19.9 Å². The van der Waals surface area contributed by atoms with Gasteiger partial charge in [0.05, 0.1) is 0 Å². The normalized spacial score (nSPS) is 12.4. The lowest BCUT2D eigenvalue weighted by Gasteiger charge is -2.06. The van der Waals surface area contributed by atoms with E-state index in [-0.39, 0.29) is 0 Å². The lowest BCUT2D eigenvalue weighted by Crippen LogP contribution is -2.37. The van der Waals surface area contributed by atoms with Crippen molar-refractivity contribution in [3.05, 3.63) is 40.4 Å². The summed E-state index contributed by atoms with van der Waals surface area (Å²) in [7, 11) is 0. The molecule has 0 saturated carbocycles. The summed E-state index contributed by atoms with van der Waals surface area (Å²) in [6.07, 6.45) is 2.86. The molecular formula is C13H14ClNO3. The topological polar surface area (TPSA) is 66.4 Å². The second kappa shape index (κ2) is 6.21. The number of nitrogens with one attached hydrogen (secondary N) is 1. The molecule has 18 heavy (non-hydrogen) atoms. The van der Waals surface area contributed by atoms with Gasteiger partial charge in [0.2, 0.25) is 5.91 Å². The summed E-state index contributed by atoms with van der Waals surface area (Å²) in [6, 6.07) is 4.50. The van der Waals surface area contributed by atoms with Crippen LogP contribution in [0.25, 0.3) is 6.08 Å². The molecule has 2 N–H and O–H groups in total. The molecule has 0 aromatic heterocycles. The van der Waals surface area contributed by atoms with E-state index >= 15 is 0 Å². The largest absolute Gasteiger partial charge is 0.480 e. The van der Waals surface area contributed by atoms with Crippen molar-refractivity contribution in [2.24, 2.45) is 0 Å². The fourth-order valence-electron chi connectivity index (χ4n) is 1.21. The zero-order chi connectivity index (χ0) is 13.7. The van der Waals surface area contributed by atoms with Crippen LogP contribution in [0.5, 0.6) is 0 Å². The molecule has 0 aliphatic rings. The quantitative estimate of drug-likeness (QED) is 0.823. The third kappa shape index (κ3) is 4.22. The molecule has 0 radical (unpaired) electrons. The molecule has 4 nitrogen and oxygen atoms in total. The highest BCUT2D eigenvalue weighted by molar-refractivity contribution is 6.31. The molecule has 5 heteroatoms. The Morgan fingerprint density at radius 3 is 2.67 bits per heavy atom. The van der Waals surface area contributed by atoms with Crippen LogP contribution in [0.4, 0.5) is 0 Å². The number of amides is 1. The number of aliphatic carboxylic acids is 1. The Morgan fingerprint density at radius 1 is 1.44 bits per heavy atom. The fraction of sp³-hybridized carbons (Fsp3) is 0.231. The first-order valence-corrected chi connectivity index (χ1v) is 5.75. The molecule has 0 fully saturated rings. The van der Waals surface area contributed by atoms with Gasteiger partial charge in [0, 0.05) is 11.1 Å². The predicted molar refractivity (Wildman–Crippen MR) is 70.5 cm³/mol. The predicted octanol–water partition coefficient (Wildman–Crippen LogP) is 2.25. The lowest BCUT2D eigenvalue weighted by atomic mass is 10.1. The van der Waals surface area contributed by atoms with Crippen LogP contribution in [0.2, 0.25) is 5.02 Å². The average Bonchev–Trinajstić information content (AvgIpc) is 2.30. The van der Waals surface area contributed by atoms with Crippen molar-refractivity contribution in [3.8, 4) is 0 Å². The Labute approximate surface area is 110 Å². The number of aryl methyl sites for hydroxylation is 1. The third-order valence-electron chi connectivity index (χ3n) is 2.35. The summed E-state index contributed by atoms with van der Waals surface area (Å²) in [6.45, 7) is 3.29. The van der Waals surface area contributed by atoms with Crippen LogP contribution in [0.3, 0.4) is 0 Å². The van der Waals surface area contributed by atoms with E-state index in [0.717, 1.165) is 11.1 Å². The summed E-state index contributed by atoms with van der Waals surface area (Å²) in [5.41, 5.74) is 1.74. The van der Waals surface area contributed by atoms with Gasteiger partial charge >= 0.3 is 5.97 Å². The lowest BCUT2D eigenvalue weighted by molar-refractivity contribution is -0.140. The number of carboxylic acids is 1. The number of rotatable bonds is 4. The molecule has 1 aromatic carbocycles. The number of benzene rings is 1. The number of carboxylic acid groups (broad SMARTS) is 1. The van der Waals surface area contributed by atoms with Gasteiger partial charge in [0.1, 0.15) is 6.04 Å². The molecule has 0 aliphatic carbocycles. The molecular weight excluding hydrogens is 254 g/mol. The maximum Gasteiger partial charge on any atom is 0.325 e. The SMILES string of the molecule is Cc1ccc(/C=C/C(=O)N[C@H](C)C(=O)O)cc1Cl. The van der Waals surface area contributed by atoms with Gasteiger partial charge in [-0.05, 0) is 37.1 Å². The third-order valence-corrected chi connectivity index (χ3v) is 2.76. The van der Waals surface area contributed by atoms with E-state index in [1.165, 1.54) is 13.0 Å². The number of carbonyl (C=O) groups excluding carboxylic acids is 1. The number of halogens is 1. The van der Waals surface area contributed by atoms with E-state index in [1.807, 2.05) is 19.1 Å². The van der Waals surface area contributed by atoms with Gasteiger partial charge in [-0.2, -0.15) is 0 Å². The van der Waals surface area contributed by atoms with Crippen molar-refractivity contribution in [2.75, 3.05) is 0 Å². The van der Waals surface area contributed by atoms with Gasteiger partial charge < -0.3 is 10.4 Å². The average molecular weight is 268 g/mol. The minimum atomic E-state index is -1.07. The first-order chi connectivity index (χ1) is 8.40. The van der Waals surface area contributed by atoms with Crippen molar-refractivity contribution in [1.29, 1.82) is 0 Å². The maximum absolute atomic E-state index is 11.4. The van der Waals surface area contributed by atoms with Gasteiger partial charge in [-0.15, -0.1) is 0 Å². The van der Waals surface area contributed by atoms with Crippen LogP contribution < -0.4 is 5.32 Å². The highest BCUT2D eigenvalue weighted by atomic mass is 35.5. The first-order valence-electron chi connectivity index (χ1n) is 5.37. The second-order valence-electron chi connectivity index (χ2n) is 3.91. The molecule has 0 aliphatic heterocycles. The van der Waals surface area contributed by atoms with Crippen LogP contribution in [0.1, 0.15) is 18.1 Å². The summed E-state index contributed by atoms with van der Waals surface area (Å²) in [4.78, 5) is 21.9. The molecule has 0 spiro atoms. The van der Waals surface area contributed by atoms with Gasteiger partial charge in [0.15, 0.2) is 0 Å². The van der Waals surface area contributed by atoms with Crippen molar-refractivity contribution in [1.82, 2.24) is 5.32 Å². The van der Waals surface area contributed by atoms with Crippen molar-refractivity contribution >= 4 is 29.6 Å². The van der Waals surface area contributed by atoms with E-state index in [0.29, 0.717) is 5.02 Å². The highest BCUT2D eigenvalue weighted by Crippen LogP contribution is 2.17. The van der Waals surface area contributed by atoms with E-state index in [9.17, 15) is 9.59 Å². The molecule has 1 aromatic rings. The maximum atomic E-state index is 11.4. The highest BCUT2D eigenvalue weighted by Gasteiger charge is 2.11. The van der Waals surface area contributed by atoms with Crippen LogP contribution in [0.15, 0.2) is 24.3 Å². The Balaban J connectivity index is 2.66. The molecule has 1 atom stereocenters. The van der Waals surface area contributed by atoms with Crippen LogP contribution in [-0.4, -0.2) is 23.0 Å². The molecule has 0 unspecified atom stereocenters. The Hall–Kier alpha value is -1.81. The Kier molecular flexibility index (Phi) is 4.92. The van der Waals surface area contributed by atoms with Crippen molar-refractivity contribution in [3.63, 3.8) is 0 Å². The van der Waals surface area contributed by atoms with Crippen LogP contribution >= 0.6 is 11.6 Å². The fourth-order valence-corrected chi connectivity index (χ4v) is 1.40. The molecule has 0 heterocycles. The van der Waals surface area contributed by atoms with E-state index in [2.05, 4.69) is 5.32 Å². The standard InChI is InChI=1S/C13H14ClNO3/c1-8-3-4-10(7-11(8)14)5-6-12(16)15-9(2)13(17)18/h3-7,9H,1-2H3,(H,15,16)(H,17,18)/b6-5+/t9-/m1/s1. The number of carbonyl (C=O) groups is 2. The monoisotopic (exact) mass is 267 g/mol. The molecule has 0 saturated heterocycles. The second-order valence-corrected chi connectivity index (χ2v) is 4.32. The van der Waals surface area contributed by atoms with Crippen molar-refractivity contribution < 1.29 is 14.7 Å². The summed E-state index contributed by atoms with van der Waals surface area (Å²) in [5.74, 6) is -1.53. The summed E-state index contributed by atoms with van der Waals surface area (Å²) >= 11 is 5.94. The van der Waals surface area contributed by atoms with Gasteiger partial charge in [-0.1, -0.05) is 23.7 Å². The van der Waals surface area contributed by atoms with Gasteiger partial charge in [-0.3, -0.25) is 9.59 Å². The Morgan fingerprint density at radius 2 is 2.11 bits per heavy atom. The molecule has 1 amide bonds. The van der Waals surface area contributed by atoms with E-state index in [1.54, 1.807) is 12.1 Å². The minimum Gasteiger partial charge on any atom is -0.480 e. The summed E-state index contributed by atoms with van der Waals surface area (Å²) in [5, 5.41) is 11.6. The summed E-state index contributed by atoms with van der Waals surface area (Å²) < 4.78 is 0. The van der Waals surface area contributed by atoms with Crippen LogP contribution in [0, 0.1) is 6.92 Å². The molecule has 96 valence electrons. The Bertz CT molecular complexity index is 497. The number of hydrogen-bond donors (Lipinski definition) is 2. The van der Waals surface area contributed by atoms with E-state index < -0.39 is 17.9 Å². The van der Waals surface area contributed by atoms with E-state index in [4.69, 9.17) is 16.7 Å². The smallest absolute Gasteiger partial charge is 0.325 e. The van der Waals surface area contributed by atoms with Crippen LogP contribution in [-0.2, 0) is 9.59 Å². The molecule has 1 rings (SSSR count). The number of hydrogen-bond acceptors (Lipinski definition) is 2. The molecule has 0 bridgehead atoms.